The summed E-state index contributed by atoms with van der Waals surface area (Å²) in [6.07, 6.45) is 0. The molecule has 146 valence electrons. The Bertz CT molecular complexity index is 1120. The molecule has 0 aliphatic rings. The normalized spacial score (nSPS) is 11.2. The van der Waals surface area contributed by atoms with E-state index in [-0.39, 0.29) is 17.1 Å². The maximum atomic E-state index is 12.8. The molecule has 7 nitrogen and oxygen atoms in total. The number of nitrogens with zero attached hydrogens (tertiary/aromatic N) is 1. The number of sulfonamides is 1. The first-order valence-electron chi connectivity index (χ1n) is 8.54. The fourth-order valence-electron chi connectivity index (χ4n) is 2.64. The van der Waals surface area contributed by atoms with Gasteiger partial charge in [0, 0.05) is 11.8 Å². The Kier molecular flexibility index (Phi) is 5.51. The van der Waals surface area contributed by atoms with Crippen LogP contribution in [0.2, 0.25) is 0 Å². The van der Waals surface area contributed by atoms with E-state index in [1.807, 2.05) is 13.0 Å². The van der Waals surface area contributed by atoms with E-state index in [0.29, 0.717) is 22.7 Å². The number of esters is 1. The van der Waals surface area contributed by atoms with Crippen LogP contribution in [0.3, 0.4) is 0 Å². The number of benzene rings is 2. The molecule has 1 aromatic heterocycles. The van der Waals surface area contributed by atoms with E-state index in [2.05, 4.69) is 9.88 Å². The molecule has 1 N–H and O–H groups in total. The smallest absolute Gasteiger partial charge is 0.338 e. The van der Waals surface area contributed by atoms with Crippen molar-refractivity contribution in [2.24, 2.45) is 0 Å². The second kappa shape index (κ2) is 7.85. The Labute approximate surface area is 163 Å². The quantitative estimate of drug-likeness (QED) is 0.633. The molecular formula is C20H20N2O5S. The van der Waals surface area contributed by atoms with Crippen LogP contribution in [0.4, 0.5) is 5.69 Å². The number of aromatic nitrogens is 1. The molecule has 0 radical (unpaired) electrons. The third-order valence-corrected chi connectivity index (χ3v) is 5.53. The highest BCUT2D eigenvalue weighted by atomic mass is 32.2. The minimum absolute atomic E-state index is 0.0146. The molecule has 8 heteroatoms. The van der Waals surface area contributed by atoms with E-state index in [0.717, 1.165) is 5.56 Å². The molecule has 0 bridgehead atoms. The predicted molar refractivity (Wildman–Crippen MR) is 104 cm³/mol. The van der Waals surface area contributed by atoms with Gasteiger partial charge in [0.25, 0.3) is 10.0 Å². The molecule has 0 fully saturated rings. The van der Waals surface area contributed by atoms with Crippen LogP contribution in [-0.2, 0) is 21.4 Å². The van der Waals surface area contributed by atoms with Crippen molar-refractivity contribution in [3.8, 4) is 0 Å². The minimum Gasteiger partial charge on any atom is -0.455 e. The lowest BCUT2D eigenvalue weighted by Crippen LogP contribution is -2.15. The van der Waals surface area contributed by atoms with E-state index in [1.165, 1.54) is 12.1 Å². The van der Waals surface area contributed by atoms with Crippen molar-refractivity contribution in [3.63, 3.8) is 0 Å². The first-order chi connectivity index (χ1) is 13.2. The summed E-state index contributed by atoms with van der Waals surface area (Å²) < 4.78 is 38.3. The predicted octanol–water partition coefficient (Wildman–Crippen LogP) is 3.76. The fourth-order valence-corrected chi connectivity index (χ4v) is 3.97. The van der Waals surface area contributed by atoms with E-state index >= 15 is 0 Å². The molecule has 3 rings (SSSR count). The summed E-state index contributed by atoms with van der Waals surface area (Å²) >= 11 is 0. The van der Waals surface area contributed by atoms with Crippen LogP contribution in [0.5, 0.6) is 0 Å². The number of nitrogens with one attached hydrogen (secondary N) is 1. The summed E-state index contributed by atoms with van der Waals surface area (Å²) in [4.78, 5) is 12.3. The van der Waals surface area contributed by atoms with Gasteiger partial charge in [-0.2, -0.15) is 0 Å². The molecule has 0 saturated heterocycles. The topological polar surface area (TPSA) is 98.5 Å². The van der Waals surface area contributed by atoms with E-state index in [4.69, 9.17) is 9.26 Å². The molecule has 0 aliphatic heterocycles. The molecule has 28 heavy (non-hydrogen) atoms. The van der Waals surface area contributed by atoms with Crippen LogP contribution in [0.1, 0.15) is 32.9 Å². The van der Waals surface area contributed by atoms with Gasteiger partial charge in [-0.25, -0.2) is 13.2 Å². The van der Waals surface area contributed by atoms with Crippen molar-refractivity contribution < 1.29 is 22.5 Å². The number of carbonyl (C=O) groups is 1. The molecule has 1 heterocycles. The summed E-state index contributed by atoms with van der Waals surface area (Å²) in [6.45, 7) is 5.21. The first-order valence-corrected chi connectivity index (χ1v) is 10.0. The van der Waals surface area contributed by atoms with Gasteiger partial charge < -0.3 is 9.26 Å². The van der Waals surface area contributed by atoms with Crippen molar-refractivity contribution in [1.29, 1.82) is 0 Å². The largest absolute Gasteiger partial charge is 0.455 e. The summed E-state index contributed by atoms with van der Waals surface area (Å²) in [7, 11) is -3.87. The first kappa shape index (κ1) is 19.6. The van der Waals surface area contributed by atoms with Crippen LogP contribution in [0, 0.1) is 20.8 Å². The molecule has 2 aromatic carbocycles. The lowest BCUT2D eigenvalue weighted by Gasteiger charge is -2.12. The zero-order valence-electron chi connectivity index (χ0n) is 15.7. The fraction of sp³-hybridized carbons (Fsp3) is 0.200. The Hall–Kier alpha value is -3.13. The number of aryl methyl sites for hydroxylation is 3. The summed E-state index contributed by atoms with van der Waals surface area (Å²) in [5.41, 5.74) is 2.51. The molecule has 0 aliphatic carbocycles. The average Bonchev–Trinajstić information content (AvgIpc) is 3.05. The molecule has 0 amide bonds. The highest BCUT2D eigenvalue weighted by Crippen LogP contribution is 2.22. The number of rotatable bonds is 6. The van der Waals surface area contributed by atoms with Crippen LogP contribution < -0.4 is 4.72 Å². The van der Waals surface area contributed by atoms with E-state index in [1.54, 1.807) is 44.2 Å². The van der Waals surface area contributed by atoms with Crippen LogP contribution in [0.15, 0.2) is 57.9 Å². The number of hydrogen-bond acceptors (Lipinski definition) is 6. The van der Waals surface area contributed by atoms with E-state index in [9.17, 15) is 13.2 Å². The summed E-state index contributed by atoms with van der Waals surface area (Å²) in [6, 6.07) is 13.1. The zero-order chi connectivity index (χ0) is 20.3. The molecule has 0 saturated carbocycles. The summed E-state index contributed by atoms with van der Waals surface area (Å²) in [5.74, 6) is -0.0374. The third kappa shape index (κ3) is 4.58. The van der Waals surface area contributed by atoms with Crippen molar-refractivity contribution >= 4 is 21.7 Å². The molecule has 0 atom stereocenters. The highest BCUT2D eigenvalue weighted by molar-refractivity contribution is 7.92. The SMILES string of the molecule is Cc1cccc(NS(=O)(=O)c2cc(C(=O)OCc3cc(C)on3)ccc2C)c1. The Balaban J connectivity index is 1.80. The Morgan fingerprint density at radius 1 is 1.11 bits per heavy atom. The van der Waals surface area contributed by atoms with Gasteiger partial charge in [-0.05, 0) is 56.2 Å². The van der Waals surface area contributed by atoms with Gasteiger partial charge in [0.2, 0.25) is 0 Å². The number of carbonyl (C=O) groups excluding carboxylic acids is 1. The van der Waals surface area contributed by atoms with Gasteiger partial charge in [0.05, 0.1) is 10.5 Å². The molecule has 0 unspecified atom stereocenters. The van der Waals surface area contributed by atoms with Crippen molar-refractivity contribution in [3.05, 3.63) is 76.7 Å². The number of hydrogen-bond donors (Lipinski definition) is 1. The highest BCUT2D eigenvalue weighted by Gasteiger charge is 2.20. The lowest BCUT2D eigenvalue weighted by molar-refractivity contribution is 0.0464. The monoisotopic (exact) mass is 400 g/mol. The van der Waals surface area contributed by atoms with Gasteiger partial charge in [-0.15, -0.1) is 0 Å². The van der Waals surface area contributed by atoms with Crippen LogP contribution in [-0.4, -0.2) is 19.5 Å². The standard InChI is InChI=1S/C20H20N2O5S/c1-13-5-4-6-17(9-13)22-28(24,25)19-11-16(8-7-14(19)2)20(23)26-12-18-10-15(3)27-21-18/h4-11,22H,12H2,1-3H3. The second-order valence-corrected chi connectivity index (χ2v) is 8.11. The van der Waals surface area contributed by atoms with Gasteiger partial charge >= 0.3 is 5.97 Å². The maximum Gasteiger partial charge on any atom is 0.338 e. The molecular weight excluding hydrogens is 380 g/mol. The van der Waals surface area contributed by atoms with Gasteiger partial charge in [-0.1, -0.05) is 23.4 Å². The van der Waals surface area contributed by atoms with Crippen molar-refractivity contribution in [2.75, 3.05) is 4.72 Å². The van der Waals surface area contributed by atoms with Crippen molar-refractivity contribution in [2.45, 2.75) is 32.3 Å². The maximum absolute atomic E-state index is 12.8. The second-order valence-electron chi connectivity index (χ2n) is 6.46. The zero-order valence-corrected chi connectivity index (χ0v) is 16.5. The van der Waals surface area contributed by atoms with Gasteiger partial charge in [0.1, 0.15) is 18.1 Å². The van der Waals surface area contributed by atoms with Crippen molar-refractivity contribution in [1.82, 2.24) is 5.16 Å². The van der Waals surface area contributed by atoms with E-state index < -0.39 is 16.0 Å². The van der Waals surface area contributed by atoms with Gasteiger partial charge in [-0.3, -0.25) is 4.72 Å². The minimum atomic E-state index is -3.87. The average molecular weight is 400 g/mol. The lowest BCUT2D eigenvalue weighted by atomic mass is 10.1. The Morgan fingerprint density at radius 3 is 2.57 bits per heavy atom. The van der Waals surface area contributed by atoms with Gasteiger partial charge in [0.15, 0.2) is 0 Å². The third-order valence-electron chi connectivity index (χ3n) is 4.01. The van der Waals surface area contributed by atoms with Crippen LogP contribution >= 0.6 is 0 Å². The molecule has 3 aromatic rings. The summed E-state index contributed by atoms with van der Waals surface area (Å²) in [5, 5.41) is 3.75. The van der Waals surface area contributed by atoms with Crippen LogP contribution in [0.25, 0.3) is 0 Å². The number of ether oxygens (including phenoxy) is 1. The Morgan fingerprint density at radius 2 is 1.89 bits per heavy atom. The molecule has 0 spiro atoms. The number of anilines is 1.